The molecule has 0 amide bonds. The van der Waals surface area contributed by atoms with Gasteiger partial charge in [0.25, 0.3) is 0 Å². The van der Waals surface area contributed by atoms with E-state index in [0.717, 1.165) is 38.0 Å². The molecular weight excluding hydrogens is 298 g/mol. The average molecular weight is 319 g/mol. The average Bonchev–Trinajstić information content (AvgIpc) is 3.38. The van der Waals surface area contributed by atoms with Crippen LogP contribution >= 0.6 is 12.2 Å². The summed E-state index contributed by atoms with van der Waals surface area (Å²) in [5.74, 6) is 0.617. The van der Waals surface area contributed by atoms with Crippen molar-refractivity contribution in [3.63, 3.8) is 0 Å². The molecule has 5 heteroatoms. The SMILES string of the molecule is S=C=Nc1ccc(C2CCC(OCOCC3CO3)CC2)cc1. The van der Waals surface area contributed by atoms with Crippen LogP contribution in [0.4, 0.5) is 5.69 Å². The monoisotopic (exact) mass is 319 g/mol. The number of nitrogens with zero attached hydrogens (tertiary/aromatic N) is 1. The predicted molar refractivity (Wildman–Crippen MR) is 87.8 cm³/mol. The van der Waals surface area contributed by atoms with E-state index in [0.29, 0.717) is 31.5 Å². The summed E-state index contributed by atoms with van der Waals surface area (Å²) in [6.45, 7) is 1.88. The minimum Gasteiger partial charge on any atom is -0.371 e. The lowest BCUT2D eigenvalue weighted by molar-refractivity contribution is -0.102. The molecule has 0 bridgehead atoms. The first-order valence-electron chi connectivity index (χ1n) is 7.84. The fourth-order valence-corrected chi connectivity index (χ4v) is 3.03. The quantitative estimate of drug-likeness (QED) is 0.252. The lowest BCUT2D eigenvalue weighted by atomic mass is 9.83. The molecule has 2 aliphatic rings. The van der Waals surface area contributed by atoms with Gasteiger partial charge in [0, 0.05) is 0 Å². The number of rotatable bonds is 7. The van der Waals surface area contributed by atoms with Gasteiger partial charge >= 0.3 is 0 Å². The van der Waals surface area contributed by atoms with Crippen molar-refractivity contribution in [1.29, 1.82) is 0 Å². The predicted octanol–water partition coefficient (Wildman–Crippen LogP) is 3.84. The molecule has 0 radical (unpaired) electrons. The molecule has 3 rings (SSSR count). The van der Waals surface area contributed by atoms with E-state index in [1.54, 1.807) is 0 Å². The molecule has 1 aliphatic heterocycles. The van der Waals surface area contributed by atoms with Gasteiger partial charge < -0.3 is 14.2 Å². The van der Waals surface area contributed by atoms with Gasteiger partial charge in [0.05, 0.1) is 30.2 Å². The Kier molecular flexibility index (Phi) is 5.70. The van der Waals surface area contributed by atoms with Crippen LogP contribution in [0, 0.1) is 0 Å². The highest BCUT2D eigenvalue weighted by Crippen LogP contribution is 2.34. The number of isothiocyanates is 1. The molecule has 0 N–H and O–H groups in total. The number of epoxide rings is 1. The third kappa shape index (κ3) is 4.70. The van der Waals surface area contributed by atoms with Crippen molar-refractivity contribution in [2.45, 2.75) is 43.8 Å². The van der Waals surface area contributed by atoms with Crippen LogP contribution in [0.25, 0.3) is 0 Å². The molecule has 1 atom stereocenters. The van der Waals surface area contributed by atoms with Crippen molar-refractivity contribution in [3.05, 3.63) is 29.8 Å². The lowest BCUT2D eigenvalue weighted by Gasteiger charge is -2.28. The maximum atomic E-state index is 5.78. The summed E-state index contributed by atoms with van der Waals surface area (Å²) in [7, 11) is 0. The number of thiocarbonyl (C=S) groups is 1. The summed E-state index contributed by atoms with van der Waals surface area (Å²) in [6, 6.07) is 8.31. The molecule has 4 nitrogen and oxygen atoms in total. The molecule has 1 unspecified atom stereocenters. The van der Waals surface area contributed by atoms with Gasteiger partial charge in [-0.2, -0.15) is 4.99 Å². The van der Waals surface area contributed by atoms with Crippen LogP contribution in [0.2, 0.25) is 0 Å². The maximum absolute atomic E-state index is 5.78. The van der Waals surface area contributed by atoms with Crippen LogP contribution in [0.3, 0.4) is 0 Å². The minimum absolute atomic E-state index is 0.310. The van der Waals surface area contributed by atoms with Crippen LogP contribution in [0.15, 0.2) is 29.3 Å². The van der Waals surface area contributed by atoms with Gasteiger partial charge in [-0.3, -0.25) is 0 Å². The molecule has 22 heavy (non-hydrogen) atoms. The second kappa shape index (κ2) is 7.95. The van der Waals surface area contributed by atoms with E-state index in [-0.39, 0.29) is 0 Å². The Bertz CT molecular complexity index is 515. The van der Waals surface area contributed by atoms with Crippen molar-refractivity contribution in [2.75, 3.05) is 20.0 Å². The smallest absolute Gasteiger partial charge is 0.147 e. The highest BCUT2D eigenvalue weighted by Gasteiger charge is 2.24. The van der Waals surface area contributed by atoms with Crippen molar-refractivity contribution >= 4 is 23.1 Å². The topological polar surface area (TPSA) is 43.4 Å². The number of benzene rings is 1. The van der Waals surface area contributed by atoms with Crippen LogP contribution in [0.1, 0.15) is 37.2 Å². The molecule has 1 saturated carbocycles. The second-order valence-corrected chi connectivity index (χ2v) is 6.06. The van der Waals surface area contributed by atoms with E-state index in [2.05, 4.69) is 34.5 Å². The largest absolute Gasteiger partial charge is 0.371 e. The van der Waals surface area contributed by atoms with Gasteiger partial charge in [0.15, 0.2) is 0 Å². The summed E-state index contributed by atoms with van der Waals surface area (Å²) in [6.07, 6.45) is 5.14. The normalized spacial score (nSPS) is 27.2. The van der Waals surface area contributed by atoms with Gasteiger partial charge in [-0.15, -0.1) is 0 Å². The standard InChI is InChI=1S/C17H21NO3S/c22-11-18-15-5-1-13(2-6-15)14-3-7-16(8-4-14)21-12-19-9-17-10-20-17/h1-2,5-6,14,16-17H,3-4,7-10,12H2. The Hall–Kier alpha value is -1.10. The Labute approximate surface area is 136 Å². The molecule has 0 aromatic heterocycles. The molecule has 2 fully saturated rings. The Morgan fingerprint density at radius 2 is 1.91 bits per heavy atom. The van der Waals surface area contributed by atoms with Gasteiger partial charge in [-0.05, 0) is 61.5 Å². The molecule has 1 saturated heterocycles. The Balaban J connectivity index is 1.39. The summed E-state index contributed by atoms with van der Waals surface area (Å²) in [5, 5.41) is 2.40. The molecule has 1 aliphatic carbocycles. The number of hydrogen-bond acceptors (Lipinski definition) is 5. The molecule has 1 aromatic rings. The fraction of sp³-hybridized carbons (Fsp3) is 0.588. The highest BCUT2D eigenvalue weighted by molar-refractivity contribution is 7.78. The zero-order valence-electron chi connectivity index (χ0n) is 12.6. The third-order valence-corrected chi connectivity index (χ3v) is 4.40. The van der Waals surface area contributed by atoms with E-state index in [1.165, 1.54) is 5.56 Å². The van der Waals surface area contributed by atoms with Gasteiger partial charge in [-0.25, -0.2) is 0 Å². The van der Waals surface area contributed by atoms with Crippen molar-refractivity contribution in [2.24, 2.45) is 4.99 Å². The second-order valence-electron chi connectivity index (χ2n) is 5.88. The van der Waals surface area contributed by atoms with Crippen molar-refractivity contribution in [3.8, 4) is 0 Å². The van der Waals surface area contributed by atoms with Crippen LogP contribution in [-0.2, 0) is 14.2 Å². The van der Waals surface area contributed by atoms with E-state index in [1.807, 2.05) is 12.1 Å². The summed E-state index contributed by atoms with van der Waals surface area (Å²) in [4.78, 5) is 3.99. The molecule has 118 valence electrons. The maximum Gasteiger partial charge on any atom is 0.147 e. The lowest BCUT2D eigenvalue weighted by Crippen LogP contribution is -2.22. The molecule has 0 spiro atoms. The molecule has 1 heterocycles. The first-order chi connectivity index (χ1) is 10.8. The third-order valence-electron chi connectivity index (χ3n) is 4.31. The summed E-state index contributed by atoms with van der Waals surface area (Å²) < 4.78 is 16.3. The van der Waals surface area contributed by atoms with Crippen LogP contribution < -0.4 is 0 Å². The van der Waals surface area contributed by atoms with Crippen molar-refractivity contribution in [1.82, 2.24) is 0 Å². The van der Waals surface area contributed by atoms with E-state index >= 15 is 0 Å². The van der Waals surface area contributed by atoms with Gasteiger partial charge in [-0.1, -0.05) is 12.1 Å². The van der Waals surface area contributed by atoms with E-state index < -0.39 is 0 Å². The minimum atomic E-state index is 0.310. The van der Waals surface area contributed by atoms with Crippen LogP contribution in [0.5, 0.6) is 0 Å². The molecular formula is C17H21NO3S. The van der Waals surface area contributed by atoms with Gasteiger partial charge in [0.1, 0.15) is 12.9 Å². The highest BCUT2D eigenvalue weighted by atomic mass is 32.1. The Morgan fingerprint density at radius 3 is 2.55 bits per heavy atom. The summed E-state index contributed by atoms with van der Waals surface area (Å²) in [5.41, 5.74) is 2.25. The van der Waals surface area contributed by atoms with Crippen LogP contribution in [-0.4, -0.2) is 37.4 Å². The zero-order valence-corrected chi connectivity index (χ0v) is 13.4. The number of hydrogen-bond donors (Lipinski definition) is 0. The van der Waals surface area contributed by atoms with E-state index in [4.69, 9.17) is 14.2 Å². The van der Waals surface area contributed by atoms with Gasteiger partial charge in [0.2, 0.25) is 0 Å². The first kappa shape index (κ1) is 15.8. The fourth-order valence-electron chi connectivity index (χ4n) is 2.92. The number of aliphatic imine (C=N–C) groups is 1. The van der Waals surface area contributed by atoms with Crippen molar-refractivity contribution < 1.29 is 14.2 Å². The number of ether oxygens (including phenoxy) is 3. The Morgan fingerprint density at radius 1 is 1.18 bits per heavy atom. The molecule has 1 aromatic carbocycles. The van der Waals surface area contributed by atoms with E-state index in [9.17, 15) is 0 Å². The first-order valence-corrected chi connectivity index (χ1v) is 8.25. The zero-order chi connectivity index (χ0) is 15.2. The summed E-state index contributed by atoms with van der Waals surface area (Å²) >= 11 is 4.62.